The largest absolute Gasteiger partial charge is 0.470 e. The summed E-state index contributed by atoms with van der Waals surface area (Å²) in [6.07, 6.45) is -3.23. The monoisotopic (exact) mass is 351 g/mol. The molecule has 0 spiro atoms. The van der Waals surface area contributed by atoms with Crippen molar-refractivity contribution in [1.82, 2.24) is 25.1 Å². The van der Waals surface area contributed by atoms with Gasteiger partial charge in [0.05, 0.1) is 17.6 Å². The molecule has 0 radical (unpaired) electrons. The first-order valence-corrected chi connectivity index (χ1v) is 8.05. The van der Waals surface area contributed by atoms with Crippen LogP contribution in [0, 0.1) is 0 Å². The van der Waals surface area contributed by atoms with Crippen LogP contribution in [-0.4, -0.2) is 38.2 Å². The zero-order chi connectivity index (χ0) is 17.4. The van der Waals surface area contributed by atoms with Crippen molar-refractivity contribution in [3.63, 3.8) is 0 Å². The third kappa shape index (κ3) is 3.37. The van der Waals surface area contributed by atoms with Crippen LogP contribution in [0.15, 0.2) is 28.7 Å². The molecule has 0 atom stereocenters. The molecule has 1 aliphatic rings. The summed E-state index contributed by atoms with van der Waals surface area (Å²) in [6.45, 7) is 2.16. The van der Waals surface area contributed by atoms with E-state index in [1.165, 1.54) is 0 Å². The van der Waals surface area contributed by atoms with E-state index in [0.717, 1.165) is 29.9 Å². The Balaban J connectivity index is 1.37. The SMILES string of the molecule is FC(F)(F)c1nnc(C2CCN(Cc3nc4ccccc4[nH]3)CC2)o1. The van der Waals surface area contributed by atoms with E-state index in [0.29, 0.717) is 19.4 Å². The summed E-state index contributed by atoms with van der Waals surface area (Å²) >= 11 is 0. The molecule has 3 heterocycles. The van der Waals surface area contributed by atoms with E-state index in [9.17, 15) is 13.2 Å². The van der Waals surface area contributed by atoms with Gasteiger partial charge in [-0.2, -0.15) is 13.2 Å². The van der Waals surface area contributed by atoms with Crippen LogP contribution in [0.5, 0.6) is 0 Å². The summed E-state index contributed by atoms with van der Waals surface area (Å²) in [4.78, 5) is 10.1. The van der Waals surface area contributed by atoms with Crippen LogP contribution in [0.3, 0.4) is 0 Å². The van der Waals surface area contributed by atoms with E-state index < -0.39 is 12.1 Å². The highest BCUT2D eigenvalue weighted by atomic mass is 19.4. The van der Waals surface area contributed by atoms with Gasteiger partial charge in [0.2, 0.25) is 5.89 Å². The maximum absolute atomic E-state index is 12.5. The molecule has 0 bridgehead atoms. The Labute approximate surface area is 141 Å². The van der Waals surface area contributed by atoms with Crippen molar-refractivity contribution < 1.29 is 17.6 Å². The summed E-state index contributed by atoms with van der Waals surface area (Å²) in [5.74, 6) is -0.435. The van der Waals surface area contributed by atoms with Gasteiger partial charge in [0.15, 0.2) is 0 Å². The maximum atomic E-state index is 12.5. The zero-order valence-electron chi connectivity index (χ0n) is 13.3. The fraction of sp³-hybridized carbons (Fsp3) is 0.438. The molecule has 1 aliphatic heterocycles. The van der Waals surface area contributed by atoms with Crippen molar-refractivity contribution in [1.29, 1.82) is 0 Å². The van der Waals surface area contributed by atoms with Gasteiger partial charge in [-0.05, 0) is 38.1 Å². The number of aromatic nitrogens is 4. The second-order valence-electron chi connectivity index (χ2n) is 6.19. The number of imidazole rings is 1. The Morgan fingerprint density at radius 1 is 1.16 bits per heavy atom. The molecule has 1 fully saturated rings. The quantitative estimate of drug-likeness (QED) is 0.784. The number of hydrogen-bond donors (Lipinski definition) is 1. The van der Waals surface area contributed by atoms with Crippen LogP contribution in [-0.2, 0) is 12.7 Å². The first kappa shape index (κ1) is 16.1. The average molecular weight is 351 g/mol. The minimum atomic E-state index is -4.59. The molecular formula is C16H16F3N5O. The minimum Gasteiger partial charge on any atom is -0.417 e. The van der Waals surface area contributed by atoms with E-state index in [1.54, 1.807) is 0 Å². The first-order chi connectivity index (χ1) is 12.0. The Kier molecular flexibility index (Phi) is 3.95. The van der Waals surface area contributed by atoms with E-state index in [2.05, 4.69) is 25.1 Å². The minimum absolute atomic E-state index is 0.0794. The summed E-state index contributed by atoms with van der Waals surface area (Å²) in [7, 11) is 0. The zero-order valence-corrected chi connectivity index (χ0v) is 13.3. The van der Waals surface area contributed by atoms with Gasteiger partial charge in [0.1, 0.15) is 5.82 Å². The van der Waals surface area contributed by atoms with Gasteiger partial charge in [-0.25, -0.2) is 4.98 Å². The van der Waals surface area contributed by atoms with Gasteiger partial charge in [-0.3, -0.25) is 4.90 Å². The molecule has 25 heavy (non-hydrogen) atoms. The van der Waals surface area contributed by atoms with Crippen molar-refractivity contribution in [3.05, 3.63) is 41.9 Å². The molecular weight excluding hydrogens is 335 g/mol. The van der Waals surface area contributed by atoms with E-state index in [4.69, 9.17) is 4.42 Å². The molecule has 0 unspecified atom stereocenters. The van der Waals surface area contributed by atoms with Gasteiger partial charge < -0.3 is 9.40 Å². The van der Waals surface area contributed by atoms with Crippen molar-refractivity contribution >= 4 is 11.0 Å². The summed E-state index contributed by atoms with van der Waals surface area (Å²) in [5, 5.41) is 6.67. The van der Waals surface area contributed by atoms with Gasteiger partial charge in [0.25, 0.3) is 0 Å². The van der Waals surface area contributed by atoms with Crippen molar-refractivity contribution in [2.75, 3.05) is 13.1 Å². The molecule has 6 nitrogen and oxygen atoms in total. The van der Waals surface area contributed by atoms with Gasteiger partial charge >= 0.3 is 12.1 Å². The van der Waals surface area contributed by atoms with E-state index >= 15 is 0 Å². The van der Waals surface area contributed by atoms with Gasteiger partial charge in [0, 0.05) is 5.92 Å². The van der Waals surface area contributed by atoms with Gasteiger partial charge in [-0.1, -0.05) is 12.1 Å². The van der Waals surface area contributed by atoms with Gasteiger partial charge in [-0.15, -0.1) is 10.2 Å². The second-order valence-corrected chi connectivity index (χ2v) is 6.19. The molecule has 1 aromatic carbocycles. The first-order valence-electron chi connectivity index (χ1n) is 8.05. The number of fused-ring (bicyclic) bond motifs is 1. The summed E-state index contributed by atoms with van der Waals surface area (Å²) < 4.78 is 42.4. The number of halogens is 3. The lowest BCUT2D eigenvalue weighted by molar-refractivity contribution is -0.157. The number of nitrogens with zero attached hydrogens (tertiary/aromatic N) is 4. The maximum Gasteiger partial charge on any atom is 0.470 e. The molecule has 0 saturated carbocycles. The Bertz CT molecular complexity index is 831. The molecule has 2 aromatic heterocycles. The highest BCUT2D eigenvalue weighted by molar-refractivity contribution is 5.74. The topological polar surface area (TPSA) is 70.8 Å². The second kappa shape index (κ2) is 6.14. The highest BCUT2D eigenvalue weighted by Crippen LogP contribution is 2.32. The predicted octanol–water partition coefficient (Wildman–Crippen LogP) is 3.34. The number of para-hydroxylation sites is 2. The fourth-order valence-electron chi connectivity index (χ4n) is 3.14. The summed E-state index contributed by atoms with van der Waals surface area (Å²) in [5.41, 5.74) is 1.93. The number of rotatable bonds is 3. The number of likely N-dealkylation sites (tertiary alicyclic amines) is 1. The molecule has 3 aromatic rings. The van der Waals surface area contributed by atoms with Crippen molar-refractivity contribution in [2.45, 2.75) is 31.5 Å². The molecule has 0 aliphatic carbocycles. The Morgan fingerprint density at radius 3 is 2.60 bits per heavy atom. The van der Waals surface area contributed by atoms with Crippen LogP contribution >= 0.6 is 0 Å². The van der Waals surface area contributed by atoms with Crippen LogP contribution in [0.1, 0.15) is 36.4 Å². The van der Waals surface area contributed by atoms with E-state index in [-0.39, 0.29) is 11.8 Å². The van der Waals surface area contributed by atoms with Crippen LogP contribution in [0.4, 0.5) is 13.2 Å². The number of H-pyrrole nitrogens is 1. The molecule has 0 amide bonds. The smallest absolute Gasteiger partial charge is 0.417 e. The lowest BCUT2D eigenvalue weighted by Gasteiger charge is -2.29. The molecule has 9 heteroatoms. The number of nitrogens with one attached hydrogen (secondary N) is 1. The van der Waals surface area contributed by atoms with Crippen LogP contribution in [0.2, 0.25) is 0 Å². The van der Waals surface area contributed by atoms with Crippen molar-refractivity contribution in [3.8, 4) is 0 Å². The van der Waals surface area contributed by atoms with Crippen molar-refractivity contribution in [2.24, 2.45) is 0 Å². The van der Waals surface area contributed by atoms with Crippen LogP contribution < -0.4 is 0 Å². The van der Waals surface area contributed by atoms with Crippen LogP contribution in [0.25, 0.3) is 11.0 Å². The lowest BCUT2D eigenvalue weighted by Crippen LogP contribution is -2.32. The molecule has 4 rings (SSSR count). The third-order valence-electron chi connectivity index (χ3n) is 4.43. The Morgan fingerprint density at radius 2 is 1.92 bits per heavy atom. The number of alkyl halides is 3. The molecule has 132 valence electrons. The number of benzene rings is 1. The average Bonchev–Trinajstić information content (AvgIpc) is 3.21. The Hall–Kier alpha value is -2.42. The molecule has 1 saturated heterocycles. The predicted molar refractivity (Wildman–Crippen MR) is 82.6 cm³/mol. The summed E-state index contributed by atoms with van der Waals surface area (Å²) in [6, 6.07) is 7.83. The lowest BCUT2D eigenvalue weighted by atomic mass is 9.97. The number of aromatic amines is 1. The third-order valence-corrected chi connectivity index (χ3v) is 4.43. The highest BCUT2D eigenvalue weighted by Gasteiger charge is 2.39. The number of piperidine rings is 1. The normalized spacial score (nSPS) is 17.4. The fourth-order valence-corrected chi connectivity index (χ4v) is 3.14. The molecule has 1 N–H and O–H groups in total. The number of hydrogen-bond acceptors (Lipinski definition) is 5. The van der Waals surface area contributed by atoms with E-state index in [1.807, 2.05) is 24.3 Å². The standard InChI is InChI=1S/C16H16F3N5O/c17-16(18,19)15-23-22-14(25-15)10-5-7-24(8-6-10)9-13-20-11-3-1-2-4-12(11)21-13/h1-4,10H,5-9H2,(H,20,21).